The topological polar surface area (TPSA) is 85.8 Å². The zero-order valence-electron chi connectivity index (χ0n) is 10.6. The van der Waals surface area contributed by atoms with Crippen LogP contribution in [0, 0.1) is 0 Å². The summed E-state index contributed by atoms with van der Waals surface area (Å²) in [7, 11) is 0. The highest BCUT2D eigenvalue weighted by molar-refractivity contribution is 5.66. The van der Waals surface area contributed by atoms with Crippen LogP contribution in [0.25, 0.3) is 0 Å². The van der Waals surface area contributed by atoms with Crippen LogP contribution in [0.4, 0.5) is 0 Å². The maximum Gasteiger partial charge on any atom is 0.303 e. The molecule has 0 aromatic carbocycles. The molecule has 0 spiro atoms. The van der Waals surface area contributed by atoms with E-state index >= 15 is 0 Å². The molecular formula is C12H17N5O2. The number of rotatable bonds is 8. The van der Waals surface area contributed by atoms with E-state index in [1.807, 2.05) is 23.1 Å². The molecule has 0 aliphatic heterocycles. The zero-order chi connectivity index (χ0) is 13.5. The molecule has 0 amide bonds. The number of carbonyl (C=O) groups is 1. The molecule has 0 unspecified atom stereocenters. The molecule has 2 rings (SSSR count). The van der Waals surface area contributed by atoms with E-state index in [-0.39, 0.29) is 6.42 Å². The number of aliphatic carboxylic acids is 1. The van der Waals surface area contributed by atoms with Crippen molar-refractivity contribution in [1.29, 1.82) is 0 Å². The largest absolute Gasteiger partial charge is 0.481 e. The average Bonchev–Trinajstić information content (AvgIpc) is 3.03. The number of unbranched alkanes of at least 4 members (excludes halogenated alkanes) is 1. The summed E-state index contributed by atoms with van der Waals surface area (Å²) in [6.07, 6.45) is 8.05. The van der Waals surface area contributed by atoms with Crippen LogP contribution >= 0.6 is 0 Å². The molecule has 19 heavy (non-hydrogen) atoms. The highest BCUT2D eigenvalue weighted by Gasteiger charge is 2.02. The number of hydrogen-bond donors (Lipinski definition) is 1. The van der Waals surface area contributed by atoms with E-state index in [0.717, 1.165) is 31.6 Å². The number of hydrogen-bond acceptors (Lipinski definition) is 4. The lowest BCUT2D eigenvalue weighted by atomic mass is 10.1. The van der Waals surface area contributed by atoms with E-state index in [4.69, 9.17) is 5.11 Å². The Morgan fingerprint density at radius 3 is 2.84 bits per heavy atom. The summed E-state index contributed by atoms with van der Waals surface area (Å²) in [5, 5.41) is 20.8. The Balaban J connectivity index is 1.71. The molecule has 7 nitrogen and oxygen atoms in total. The maximum absolute atomic E-state index is 10.4. The first-order chi connectivity index (χ1) is 9.24. The lowest BCUT2D eigenvalue weighted by molar-refractivity contribution is -0.137. The van der Waals surface area contributed by atoms with Gasteiger partial charge in [-0.25, -0.2) is 0 Å². The van der Waals surface area contributed by atoms with Gasteiger partial charge in [0.15, 0.2) is 0 Å². The monoisotopic (exact) mass is 263 g/mol. The molecule has 2 aromatic rings. The molecule has 0 saturated heterocycles. The van der Waals surface area contributed by atoms with E-state index in [1.165, 1.54) is 0 Å². The summed E-state index contributed by atoms with van der Waals surface area (Å²) in [5.74, 6) is -0.747. The van der Waals surface area contributed by atoms with Crippen molar-refractivity contribution in [2.45, 2.75) is 38.8 Å². The van der Waals surface area contributed by atoms with Gasteiger partial charge in [-0.2, -0.15) is 5.10 Å². The van der Waals surface area contributed by atoms with Crippen molar-refractivity contribution >= 4 is 5.97 Å². The molecule has 0 atom stereocenters. The van der Waals surface area contributed by atoms with E-state index in [2.05, 4.69) is 15.4 Å². The minimum atomic E-state index is -0.747. The normalized spacial score (nSPS) is 10.7. The predicted octanol–water partition coefficient (Wildman–Crippen LogP) is 0.972. The van der Waals surface area contributed by atoms with Crippen molar-refractivity contribution in [1.82, 2.24) is 24.8 Å². The van der Waals surface area contributed by atoms with Crippen LogP contribution < -0.4 is 0 Å². The fraction of sp³-hybridized carbons (Fsp3) is 0.500. The molecule has 102 valence electrons. The molecule has 1 N–H and O–H groups in total. The van der Waals surface area contributed by atoms with Gasteiger partial charge in [-0.05, 0) is 25.3 Å². The Morgan fingerprint density at radius 1 is 1.26 bits per heavy atom. The second-order valence-corrected chi connectivity index (χ2v) is 4.34. The minimum absolute atomic E-state index is 0.216. The second-order valence-electron chi connectivity index (χ2n) is 4.34. The van der Waals surface area contributed by atoms with E-state index < -0.39 is 5.97 Å². The van der Waals surface area contributed by atoms with Crippen molar-refractivity contribution in [3.63, 3.8) is 0 Å². The number of aromatic nitrogens is 5. The second kappa shape index (κ2) is 6.67. The van der Waals surface area contributed by atoms with Crippen molar-refractivity contribution in [3.8, 4) is 0 Å². The third-order valence-electron chi connectivity index (χ3n) is 2.78. The van der Waals surface area contributed by atoms with Gasteiger partial charge in [0, 0.05) is 25.0 Å². The quantitative estimate of drug-likeness (QED) is 0.717. The predicted molar refractivity (Wildman–Crippen MR) is 67.4 cm³/mol. The van der Waals surface area contributed by atoms with Gasteiger partial charge in [0.25, 0.3) is 0 Å². The van der Waals surface area contributed by atoms with E-state index in [9.17, 15) is 4.79 Å². The highest BCUT2D eigenvalue weighted by Crippen LogP contribution is 2.03. The van der Waals surface area contributed by atoms with Gasteiger partial charge < -0.3 is 5.11 Å². The van der Waals surface area contributed by atoms with Crippen LogP contribution in [-0.4, -0.2) is 35.9 Å². The van der Waals surface area contributed by atoms with Gasteiger partial charge in [-0.3, -0.25) is 14.2 Å². The molecule has 0 fully saturated rings. The molecule has 0 aliphatic rings. The van der Waals surface area contributed by atoms with Crippen LogP contribution in [0.1, 0.15) is 25.0 Å². The average molecular weight is 263 g/mol. The van der Waals surface area contributed by atoms with Crippen LogP contribution in [0.15, 0.2) is 24.7 Å². The Morgan fingerprint density at radius 2 is 2.11 bits per heavy atom. The zero-order valence-corrected chi connectivity index (χ0v) is 10.6. The maximum atomic E-state index is 10.4. The van der Waals surface area contributed by atoms with Gasteiger partial charge in [-0.1, -0.05) is 5.21 Å². The Bertz CT molecular complexity index is 506. The number of nitrogens with zero attached hydrogens (tertiary/aromatic N) is 5. The molecule has 0 radical (unpaired) electrons. The van der Waals surface area contributed by atoms with Crippen LogP contribution in [0.2, 0.25) is 0 Å². The van der Waals surface area contributed by atoms with Gasteiger partial charge >= 0.3 is 5.97 Å². The van der Waals surface area contributed by atoms with Crippen molar-refractivity contribution < 1.29 is 9.90 Å². The Hall–Kier alpha value is -2.18. The SMILES string of the molecule is O=C(O)CCCCc1cn(CCn2cccn2)nn1. The third-order valence-corrected chi connectivity index (χ3v) is 2.78. The van der Waals surface area contributed by atoms with E-state index in [1.54, 1.807) is 10.9 Å². The summed E-state index contributed by atoms with van der Waals surface area (Å²) in [6.45, 7) is 1.48. The molecule has 0 saturated carbocycles. The number of carboxylic acids is 1. The third kappa shape index (κ3) is 4.53. The molecule has 2 aromatic heterocycles. The molecule has 2 heterocycles. The van der Waals surface area contributed by atoms with Crippen molar-refractivity contribution in [3.05, 3.63) is 30.4 Å². The molecular weight excluding hydrogens is 246 g/mol. The molecule has 7 heteroatoms. The van der Waals surface area contributed by atoms with Crippen molar-refractivity contribution in [2.24, 2.45) is 0 Å². The standard InChI is InChI=1S/C12H17N5O2/c18-12(19)5-2-1-4-11-10-17(15-14-11)9-8-16-7-3-6-13-16/h3,6-7,10H,1-2,4-5,8-9H2,(H,18,19). The molecule has 0 bridgehead atoms. The summed E-state index contributed by atoms with van der Waals surface area (Å²) in [5.41, 5.74) is 0.908. The first-order valence-corrected chi connectivity index (χ1v) is 6.32. The summed E-state index contributed by atoms with van der Waals surface area (Å²) in [6, 6.07) is 1.88. The first-order valence-electron chi connectivity index (χ1n) is 6.32. The Labute approximate surface area is 110 Å². The van der Waals surface area contributed by atoms with Gasteiger partial charge in [0.1, 0.15) is 0 Å². The Kier molecular flexibility index (Phi) is 4.66. The van der Waals surface area contributed by atoms with Gasteiger partial charge in [0.2, 0.25) is 0 Å². The fourth-order valence-electron chi connectivity index (χ4n) is 1.78. The van der Waals surface area contributed by atoms with Gasteiger partial charge in [0.05, 0.1) is 18.8 Å². The minimum Gasteiger partial charge on any atom is -0.481 e. The number of aryl methyl sites for hydroxylation is 3. The fourth-order valence-corrected chi connectivity index (χ4v) is 1.78. The smallest absolute Gasteiger partial charge is 0.303 e. The summed E-state index contributed by atoms with van der Waals surface area (Å²) < 4.78 is 3.63. The van der Waals surface area contributed by atoms with Gasteiger partial charge in [-0.15, -0.1) is 5.10 Å². The lowest BCUT2D eigenvalue weighted by Gasteiger charge is -2.00. The van der Waals surface area contributed by atoms with Crippen molar-refractivity contribution in [2.75, 3.05) is 0 Å². The van der Waals surface area contributed by atoms with Crippen LogP contribution in [0.5, 0.6) is 0 Å². The summed E-state index contributed by atoms with van der Waals surface area (Å²) in [4.78, 5) is 10.4. The highest BCUT2D eigenvalue weighted by atomic mass is 16.4. The summed E-state index contributed by atoms with van der Waals surface area (Å²) >= 11 is 0. The lowest BCUT2D eigenvalue weighted by Crippen LogP contribution is -2.08. The van der Waals surface area contributed by atoms with Crippen LogP contribution in [-0.2, 0) is 24.3 Å². The first kappa shape index (κ1) is 13.3. The van der Waals surface area contributed by atoms with E-state index in [0.29, 0.717) is 6.42 Å². The molecule has 0 aliphatic carbocycles. The number of carboxylic acid groups (broad SMARTS) is 1. The van der Waals surface area contributed by atoms with Crippen LogP contribution in [0.3, 0.4) is 0 Å².